The standard InChI is InChI=1S/C42H76N10O12.Tl/c1-9-10-11-12-13-14-15-19-32(55)46-22-20-33(56)49-28(18-16-17-21-47-41(62)64-42(5,6)7)37(58)51-34(27(4)63-25-26(2)3)39(60)52-35(44)40(61)50-29(23-31(43)54)36(57)48-24-30(53)38(59)45-8;/h26-29,34-35H,9-25,44H2,1-8H3,(H10,43,45,46,47,48,49,50,51,52,54,55,56,57,58,59,60,61,62);/q;+1/p-1/t27?,28-,29-,34-,35+;/m0./s1. The van der Waals surface area contributed by atoms with Gasteiger partial charge in [0, 0.05) is 32.5 Å². The van der Waals surface area contributed by atoms with E-state index in [0.29, 0.717) is 19.3 Å². The molecular weight excluding hydrogens is 1040 g/mol. The molecule has 0 aromatic heterocycles. The van der Waals surface area contributed by atoms with Crippen LogP contribution in [0.5, 0.6) is 0 Å². The van der Waals surface area contributed by atoms with E-state index in [9.17, 15) is 47.9 Å². The molecule has 0 saturated heterocycles. The van der Waals surface area contributed by atoms with Crippen LogP contribution in [0.3, 0.4) is 0 Å². The molecule has 0 aliphatic carbocycles. The first-order valence-corrected chi connectivity index (χ1v) is 24.6. The van der Waals surface area contributed by atoms with Gasteiger partial charge in [0.1, 0.15) is 11.6 Å². The monoisotopic (exact) mass is 1120 g/mol. The fourth-order valence-corrected chi connectivity index (χ4v) is 6.24. The van der Waals surface area contributed by atoms with Crippen molar-refractivity contribution in [2.24, 2.45) is 11.7 Å². The zero-order valence-corrected chi connectivity index (χ0v) is 44.0. The number of nitrogens with one attached hydrogen (secondary N) is 9. The minimum atomic E-state index is -1.84. The number of ketones is 1. The quantitative estimate of drug-likeness (QED) is 0.0168. The number of carbonyl (C=O) groups excluding carboxylic acids is 10. The number of ether oxygens (including phenoxy) is 2. The van der Waals surface area contributed by atoms with Gasteiger partial charge in [0.15, 0.2) is 0 Å². The van der Waals surface area contributed by atoms with Gasteiger partial charge >= 0.3 is 194 Å². The molecule has 0 aliphatic rings. The Morgan fingerprint density at radius 2 is 1.29 bits per heavy atom. The number of nitrogens with two attached hydrogens (primary N) is 1. The molecule has 0 aliphatic heterocycles. The van der Waals surface area contributed by atoms with E-state index in [2.05, 4.69) is 52.6 Å². The molecule has 0 aromatic rings. The fraction of sp³-hybridized carbons (Fsp3) is 0.762. The number of carbonyl (C=O) groups is 10. The van der Waals surface area contributed by atoms with Gasteiger partial charge in [0.25, 0.3) is 0 Å². The Bertz CT molecular complexity index is 1560. The molecule has 0 spiro atoms. The maximum atomic E-state index is 14.0. The van der Waals surface area contributed by atoms with Gasteiger partial charge in [-0.15, -0.1) is 0 Å². The van der Waals surface area contributed by atoms with Crippen LogP contribution in [0.2, 0.25) is 0 Å². The summed E-state index contributed by atoms with van der Waals surface area (Å²) in [6.07, 6.45) is 4.35. The number of hydrogen-bond acceptors (Lipinski definition) is 13. The smallest absolute Gasteiger partial charge is 0.0606 e. The third kappa shape index (κ3) is 29.7. The predicted molar refractivity (Wildman–Crippen MR) is 241 cm³/mol. The first-order valence-electron chi connectivity index (χ1n) is 22.4. The molecule has 0 fully saturated rings. The van der Waals surface area contributed by atoms with Gasteiger partial charge in [0.2, 0.25) is 11.8 Å². The molecule has 0 aromatic carbocycles. The van der Waals surface area contributed by atoms with E-state index in [1.54, 1.807) is 20.8 Å². The second-order valence-electron chi connectivity index (χ2n) is 17.0. The van der Waals surface area contributed by atoms with Crippen molar-refractivity contribution in [1.82, 2.24) is 45.7 Å². The number of amides is 9. The van der Waals surface area contributed by atoms with Crippen molar-refractivity contribution in [3.8, 4) is 0 Å². The summed E-state index contributed by atoms with van der Waals surface area (Å²) in [6.45, 7) is 12.2. The van der Waals surface area contributed by atoms with E-state index in [4.69, 9.17) is 15.2 Å². The van der Waals surface area contributed by atoms with Gasteiger partial charge in [-0.2, -0.15) is 0 Å². The van der Waals surface area contributed by atoms with E-state index < -0.39 is 102 Å². The summed E-state index contributed by atoms with van der Waals surface area (Å²) in [5, 5.41) is 19.5. The average Bonchev–Trinajstić information content (AvgIpc) is 3.23. The molecular formula is C42H75N10O12Tl. The van der Waals surface area contributed by atoms with Crippen LogP contribution in [0.1, 0.15) is 132 Å². The molecule has 9 amide bonds. The Labute approximate surface area is 399 Å². The second-order valence-corrected chi connectivity index (χ2v) is 18.1. The number of likely N-dealkylation sites (N-methyl/N-ethyl adjacent to an activating group) is 1. The predicted octanol–water partition coefficient (Wildman–Crippen LogP) is -0.734. The van der Waals surface area contributed by atoms with Crippen molar-refractivity contribution in [3.63, 3.8) is 0 Å². The van der Waals surface area contributed by atoms with Crippen LogP contribution in [-0.4, -0.2) is 154 Å². The minimum Gasteiger partial charge on any atom is -0.0606 e. The third-order valence-corrected chi connectivity index (χ3v) is 10.6. The third-order valence-electron chi connectivity index (χ3n) is 9.33. The molecule has 0 bridgehead atoms. The van der Waals surface area contributed by atoms with Crippen molar-refractivity contribution in [2.75, 3.05) is 33.3 Å². The molecule has 0 saturated carbocycles. The summed E-state index contributed by atoms with van der Waals surface area (Å²) >= 11 is 0.00136. The molecule has 23 heteroatoms. The molecule has 22 nitrogen and oxygen atoms in total. The molecule has 1 unspecified atom stereocenters. The molecule has 0 heterocycles. The van der Waals surface area contributed by atoms with Crippen LogP contribution in [0.25, 0.3) is 0 Å². The Morgan fingerprint density at radius 1 is 0.646 bits per heavy atom. The van der Waals surface area contributed by atoms with Crippen molar-refractivity contribution in [1.29, 1.82) is 0 Å². The summed E-state index contributed by atoms with van der Waals surface area (Å²) in [5.74, 6) is -7.12. The van der Waals surface area contributed by atoms with Crippen molar-refractivity contribution in [3.05, 3.63) is 0 Å². The summed E-state index contributed by atoms with van der Waals surface area (Å²) in [4.78, 5) is 127. The zero-order chi connectivity index (χ0) is 49.5. The summed E-state index contributed by atoms with van der Waals surface area (Å²) in [5.41, 5.74) is 5.34. The van der Waals surface area contributed by atoms with Crippen LogP contribution < -0.4 is 51.4 Å². The number of alkyl carbamates (subject to hydrolysis) is 1. The second kappa shape index (κ2) is 33.9. The van der Waals surface area contributed by atoms with Gasteiger partial charge in [-0.3, -0.25) is 14.4 Å². The number of unbranched alkanes of at least 4 members (excludes halogenated alkanes) is 7. The molecule has 368 valence electrons. The van der Waals surface area contributed by atoms with Crippen LogP contribution >= 0.6 is 0 Å². The van der Waals surface area contributed by atoms with Crippen molar-refractivity contribution < 1.29 is 57.4 Å². The van der Waals surface area contributed by atoms with E-state index in [-0.39, 0.29) is 70.4 Å². The molecule has 0 rings (SSSR count). The Kier molecular flexibility index (Phi) is 31.6. The number of Topliss-reactive ketones (excluding diaryl/α,β-unsaturated/α-hetero) is 1. The Hall–Kier alpha value is -4.46. The Balaban J connectivity index is 6.03. The van der Waals surface area contributed by atoms with Crippen molar-refractivity contribution in [2.45, 2.75) is 168 Å². The molecule has 11 N–H and O–H groups in total. The zero-order valence-electron chi connectivity index (χ0n) is 39.5. The molecule has 5 atom stereocenters. The SMILES string of the molecule is CCCCCCCCCC(=O)NCCC(=O)N[C@@H](CCCCNC(=O)OC(C)(C)C)C(=O)N[C@H](C(=O)N[C@@H](N)C(=O)N[C@@H](CC(=O)[NH][Tl])C(=O)NCC(=O)C(=O)NC)C(C)OCC(C)C. The number of rotatable bonds is 33. The summed E-state index contributed by atoms with van der Waals surface area (Å²) in [7, 11) is 1.22. The van der Waals surface area contributed by atoms with E-state index in [1.807, 2.05) is 13.8 Å². The van der Waals surface area contributed by atoms with E-state index >= 15 is 0 Å². The van der Waals surface area contributed by atoms with Crippen LogP contribution in [0, 0.1) is 5.92 Å². The molecule has 65 heavy (non-hydrogen) atoms. The minimum absolute atomic E-state index is 0.00136. The van der Waals surface area contributed by atoms with Crippen molar-refractivity contribution >= 4 is 85.2 Å². The first kappa shape index (κ1) is 60.5. The van der Waals surface area contributed by atoms with Gasteiger partial charge < -0.3 is 20.7 Å². The Morgan fingerprint density at radius 3 is 1.89 bits per heavy atom. The maximum absolute atomic E-state index is 14.0. The normalized spacial score (nSPS) is 13.4. The number of hydrogen-bond donors (Lipinski definition) is 10. The summed E-state index contributed by atoms with van der Waals surface area (Å²) < 4.78 is 13.6. The van der Waals surface area contributed by atoms with Gasteiger partial charge in [0.05, 0.1) is 0 Å². The van der Waals surface area contributed by atoms with Gasteiger partial charge in [-0.25, -0.2) is 4.79 Å². The van der Waals surface area contributed by atoms with Crippen LogP contribution in [0.15, 0.2) is 0 Å². The van der Waals surface area contributed by atoms with E-state index in [0.717, 1.165) is 32.1 Å². The molecule has 0 radical (unpaired) electrons. The van der Waals surface area contributed by atoms with E-state index in [1.165, 1.54) is 26.8 Å². The fourth-order valence-electron chi connectivity index (χ4n) is 5.78. The van der Waals surface area contributed by atoms with Gasteiger partial charge in [-0.1, -0.05) is 59.3 Å². The van der Waals surface area contributed by atoms with Crippen LogP contribution in [-0.2, 0) is 52.6 Å². The first-order chi connectivity index (χ1) is 30.5. The summed E-state index contributed by atoms with van der Waals surface area (Å²) in [6, 6.07) is -4.24. The topological polar surface area (TPSA) is 323 Å². The van der Waals surface area contributed by atoms with Crippen LogP contribution in [0.4, 0.5) is 4.79 Å². The van der Waals surface area contributed by atoms with Gasteiger partial charge in [-0.05, 0) is 52.4 Å². The average molecular weight is 1120 g/mol.